The van der Waals surface area contributed by atoms with E-state index in [-0.39, 0.29) is 0 Å². The summed E-state index contributed by atoms with van der Waals surface area (Å²) in [6.45, 7) is 16.2. The van der Waals surface area contributed by atoms with Crippen LogP contribution in [0.1, 0.15) is 69.2 Å². The quantitative estimate of drug-likeness (QED) is 0.552. The summed E-state index contributed by atoms with van der Waals surface area (Å²) in [6, 6.07) is 0. The lowest BCUT2D eigenvalue weighted by molar-refractivity contribution is -0.147. The predicted octanol–water partition coefficient (Wildman–Crippen LogP) is 1.34. The van der Waals surface area contributed by atoms with E-state index in [2.05, 4.69) is 10.6 Å². The van der Waals surface area contributed by atoms with Gasteiger partial charge in [0.1, 0.15) is 5.41 Å². The second-order valence-electron chi connectivity index (χ2n) is 8.90. The molecule has 0 aromatic heterocycles. The second-order valence-corrected chi connectivity index (χ2v) is 8.90. The Bertz CT molecular complexity index is 424. The standard InChI is InChI=1S/C17H34N2O4/c1-13(2,11(20)18-14(3,4)16(7,8)22)12(21)19-15(5,6)17(9,10)23/h22-23H,1-10H3,(H,18,20)(H,19,21). The van der Waals surface area contributed by atoms with Crippen molar-refractivity contribution in [3.05, 3.63) is 0 Å². The van der Waals surface area contributed by atoms with Gasteiger partial charge >= 0.3 is 0 Å². The SMILES string of the molecule is CC(C)(C(=O)NC(C)(C)C(C)(C)O)C(=O)NC(C)(C)C(C)(C)O. The van der Waals surface area contributed by atoms with Gasteiger partial charge in [0.15, 0.2) is 0 Å². The van der Waals surface area contributed by atoms with E-state index in [0.29, 0.717) is 0 Å². The highest BCUT2D eigenvalue weighted by Gasteiger charge is 2.46. The minimum absolute atomic E-state index is 0.492. The van der Waals surface area contributed by atoms with Crippen LogP contribution in [-0.4, -0.2) is 44.3 Å². The van der Waals surface area contributed by atoms with Crippen molar-refractivity contribution in [2.75, 3.05) is 0 Å². The molecule has 0 aromatic rings. The van der Waals surface area contributed by atoms with E-state index in [1.54, 1.807) is 55.4 Å². The monoisotopic (exact) mass is 330 g/mol. The van der Waals surface area contributed by atoms with E-state index < -0.39 is 39.5 Å². The van der Waals surface area contributed by atoms with Gasteiger partial charge in [-0.15, -0.1) is 0 Å². The summed E-state index contributed by atoms with van der Waals surface area (Å²) in [5.41, 5.74) is -5.48. The van der Waals surface area contributed by atoms with Crippen LogP contribution in [0.2, 0.25) is 0 Å². The van der Waals surface area contributed by atoms with Crippen LogP contribution >= 0.6 is 0 Å². The summed E-state index contributed by atoms with van der Waals surface area (Å²) < 4.78 is 0. The predicted molar refractivity (Wildman–Crippen MR) is 90.8 cm³/mol. The van der Waals surface area contributed by atoms with Crippen LogP contribution in [0, 0.1) is 5.41 Å². The van der Waals surface area contributed by atoms with Gasteiger partial charge in [0.05, 0.1) is 22.3 Å². The van der Waals surface area contributed by atoms with Crippen LogP contribution in [0.4, 0.5) is 0 Å². The molecule has 0 radical (unpaired) electrons. The third-order valence-corrected chi connectivity index (χ3v) is 5.05. The molecule has 0 aliphatic rings. The molecule has 0 aliphatic carbocycles. The van der Waals surface area contributed by atoms with Crippen molar-refractivity contribution in [3.8, 4) is 0 Å². The highest BCUT2D eigenvalue weighted by Crippen LogP contribution is 2.26. The Balaban J connectivity index is 5.27. The molecule has 2 amide bonds. The molecule has 0 aliphatic heterocycles. The van der Waals surface area contributed by atoms with Gasteiger partial charge in [0.25, 0.3) is 0 Å². The van der Waals surface area contributed by atoms with Crippen LogP contribution in [-0.2, 0) is 9.59 Å². The Morgan fingerprint density at radius 1 is 0.609 bits per heavy atom. The van der Waals surface area contributed by atoms with E-state index >= 15 is 0 Å². The van der Waals surface area contributed by atoms with Gasteiger partial charge in [-0.2, -0.15) is 0 Å². The highest BCUT2D eigenvalue weighted by atomic mass is 16.3. The van der Waals surface area contributed by atoms with Crippen molar-refractivity contribution in [1.82, 2.24) is 10.6 Å². The summed E-state index contributed by atoms with van der Waals surface area (Å²) in [7, 11) is 0. The molecule has 136 valence electrons. The average molecular weight is 330 g/mol. The zero-order valence-electron chi connectivity index (χ0n) is 16.2. The summed E-state index contributed by atoms with van der Waals surface area (Å²) in [6.07, 6.45) is 0. The number of amides is 2. The molecule has 0 unspecified atom stereocenters. The van der Waals surface area contributed by atoms with Crippen LogP contribution < -0.4 is 10.6 Å². The lowest BCUT2D eigenvalue weighted by Crippen LogP contribution is -2.64. The Kier molecular flexibility index (Phi) is 5.76. The molecule has 6 nitrogen and oxygen atoms in total. The number of carbonyl (C=O) groups excluding carboxylic acids is 2. The fraction of sp³-hybridized carbons (Fsp3) is 0.882. The van der Waals surface area contributed by atoms with E-state index in [0.717, 1.165) is 0 Å². The fourth-order valence-corrected chi connectivity index (χ4v) is 1.29. The molecule has 0 atom stereocenters. The fourth-order valence-electron chi connectivity index (χ4n) is 1.29. The minimum atomic E-state index is -1.36. The summed E-state index contributed by atoms with van der Waals surface area (Å²) >= 11 is 0. The molecule has 4 N–H and O–H groups in total. The van der Waals surface area contributed by atoms with E-state index in [9.17, 15) is 19.8 Å². The zero-order chi connectivity index (χ0) is 19.1. The molecular weight excluding hydrogens is 296 g/mol. The van der Waals surface area contributed by atoms with Crippen molar-refractivity contribution < 1.29 is 19.8 Å². The van der Waals surface area contributed by atoms with E-state index in [1.807, 2.05) is 0 Å². The van der Waals surface area contributed by atoms with E-state index in [1.165, 1.54) is 13.8 Å². The molecule has 0 saturated heterocycles. The van der Waals surface area contributed by atoms with Gasteiger partial charge in [-0.25, -0.2) is 0 Å². The molecular formula is C17H34N2O4. The largest absolute Gasteiger partial charge is 0.388 e. The number of carbonyl (C=O) groups is 2. The summed E-state index contributed by atoms with van der Waals surface area (Å²) in [5.74, 6) is -0.984. The molecule has 0 fully saturated rings. The third-order valence-electron chi connectivity index (χ3n) is 5.05. The van der Waals surface area contributed by atoms with Crippen molar-refractivity contribution in [3.63, 3.8) is 0 Å². The van der Waals surface area contributed by atoms with Crippen LogP contribution in [0.5, 0.6) is 0 Å². The maximum absolute atomic E-state index is 12.6. The van der Waals surface area contributed by atoms with Crippen molar-refractivity contribution in [2.45, 2.75) is 91.5 Å². The van der Waals surface area contributed by atoms with Gasteiger partial charge in [-0.1, -0.05) is 0 Å². The van der Waals surface area contributed by atoms with Crippen LogP contribution in [0.25, 0.3) is 0 Å². The first-order valence-electron chi connectivity index (χ1n) is 7.86. The van der Waals surface area contributed by atoms with Crippen molar-refractivity contribution in [2.24, 2.45) is 5.41 Å². The first-order valence-corrected chi connectivity index (χ1v) is 7.86. The molecule has 23 heavy (non-hydrogen) atoms. The summed E-state index contributed by atoms with van der Waals surface area (Å²) in [4.78, 5) is 25.1. The van der Waals surface area contributed by atoms with Gasteiger partial charge in [0.2, 0.25) is 11.8 Å². The Morgan fingerprint density at radius 2 is 0.826 bits per heavy atom. The molecule has 0 heterocycles. The van der Waals surface area contributed by atoms with Gasteiger partial charge in [-0.05, 0) is 69.2 Å². The van der Waals surface area contributed by atoms with Crippen LogP contribution in [0.3, 0.4) is 0 Å². The van der Waals surface area contributed by atoms with Gasteiger partial charge < -0.3 is 20.8 Å². The summed E-state index contributed by atoms with van der Waals surface area (Å²) in [5, 5.41) is 25.7. The number of rotatable bonds is 6. The molecule has 0 bridgehead atoms. The van der Waals surface area contributed by atoms with Crippen LogP contribution in [0.15, 0.2) is 0 Å². The molecule has 0 spiro atoms. The zero-order valence-corrected chi connectivity index (χ0v) is 16.2. The normalized spacial score (nSPS) is 14.4. The maximum Gasteiger partial charge on any atom is 0.235 e. The first kappa shape index (κ1) is 21.9. The lowest BCUT2D eigenvalue weighted by Gasteiger charge is -2.42. The maximum atomic E-state index is 12.6. The van der Waals surface area contributed by atoms with Gasteiger partial charge in [-0.3, -0.25) is 9.59 Å². The highest BCUT2D eigenvalue weighted by molar-refractivity contribution is 6.04. The molecule has 0 saturated carbocycles. The second kappa shape index (κ2) is 6.06. The Labute approximate surface area is 140 Å². The smallest absolute Gasteiger partial charge is 0.235 e. The Morgan fingerprint density at radius 3 is 1.00 bits per heavy atom. The molecule has 0 rings (SSSR count). The van der Waals surface area contributed by atoms with Crippen molar-refractivity contribution in [1.29, 1.82) is 0 Å². The number of hydrogen-bond donors (Lipinski definition) is 4. The third kappa shape index (κ3) is 4.91. The average Bonchev–Trinajstić information content (AvgIpc) is 2.24. The van der Waals surface area contributed by atoms with Gasteiger partial charge in [0, 0.05) is 0 Å². The van der Waals surface area contributed by atoms with Crippen molar-refractivity contribution >= 4 is 11.8 Å². The Hall–Kier alpha value is -1.14. The minimum Gasteiger partial charge on any atom is -0.388 e. The number of aliphatic hydroxyl groups is 2. The molecule has 6 heteroatoms. The first-order chi connectivity index (χ1) is 9.76. The lowest BCUT2D eigenvalue weighted by atomic mass is 9.81. The van der Waals surface area contributed by atoms with E-state index in [4.69, 9.17) is 0 Å². The number of hydrogen-bond acceptors (Lipinski definition) is 4. The molecule has 0 aromatic carbocycles. The topological polar surface area (TPSA) is 98.7 Å². The number of nitrogens with one attached hydrogen (secondary N) is 2.